The second kappa shape index (κ2) is 9.75. The summed E-state index contributed by atoms with van der Waals surface area (Å²) < 4.78 is 17.9. The molecule has 1 aliphatic heterocycles. The van der Waals surface area contributed by atoms with Gasteiger partial charge in [0.15, 0.2) is 11.5 Å². The Kier molecular flexibility index (Phi) is 7.67. The molecular formula is C19H30BNO3. The van der Waals surface area contributed by atoms with Gasteiger partial charge in [0.2, 0.25) is 0 Å². The van der Waals surface area contributed by atoms with Crippen molar-refractivity contribution in [3.05, 3.63) is 36.9 Å². The van der Waals surface area contributed by atoms with Gasteiger partial charge in [0.25, 0.3) is 0 Å². The second-order valence-corrected chi connectivity index (χ2v) is 6.50. The van der Waals surface area contributed by atoms with Gasteiger partial charge in [-0.25, -0.2) is 0 Å². The molecule has 1 aliphatic rings. The number of para-hydroxylation sites is 2. The van der Waals surface area contributed by atoms with Gasteiger partial charge in [-0.05, 0) is 24.5 Å². The van der Waals surface area contributed by atoms with Crippen LogP contribution in [0.25, 0.3) is 0 Å². The number of rotatable bonds is 10. The van der Waals surface area contributed by atoms with E-state index in [0.717, 1.165) is 24.4 Å². The summed E-state index contributed by atoms with van der Waals surface area (Å²) in [6, 6.07) is 8.23. The molecule has 0 aromatic heterocycles. The first-order chi connectivity index (χ1) is 11.7. The quantitative estimate of drug-likeness (QED) is 0.478. The van der Waals surface area contributed by atoms with E-state index in [1.807, 2.05) is 24.3 Å². The molecule has 24 heavy (non-hydrogen) atoms. The average Bonchev–Trinajstić information content (AvgIpc) is 3.00. The number of hydrogen-bond acceptors (Lipinski definition) is 4. The van der Waals surface area contributed by atoms with E-state index in [1.165, 1.54) is 12.8 Å². The maximum Gasteiger partial charge on any atom is 0.383 e. The fourth-order valence-electron chi connectivity index (χ4n) is 2.96. The molecule has 4 nitrogen and oxygen atoms in total. The van der Waals surface area contributed by atoms with Crippen LogP contribution in [0.2, 0.25) is 6.32 Å². The SMILES string of the molecule is C=CCOc1ccccc1OCC1CN(C(C)C)B(CCCC)O1. The molecule has 132 valence electrons. The molecule has 1 unspecified atom stereocenters. The van der Waals surface area contributed by atoms with Crippen LogP contribution in [0, 0.1) is 0 Å². The average molecular weight is 331 g/mol. The lowest BCUT2D eigenvalue weighted by Gasteiger charge is -2.23. The Bertz CT molecular complexity index is 509. The van der Waals surface area contributed by atoms with E-state index in [4.69, 9.17) is 14.1 Å². The van der Waals surface area contributed by atoms with Crippen molar-refractivity contribution in [2.75, 3.05) is 19.8 Å². The molecule has 0 aliphatic carbocycles. The Hall–Kier alpha value is -1.46. The van der Waals surface area contributed by atoms with Crippen molar-refractivity contribution in [2.45, 2.75) is 52.1 Å². The lowest BCUT2D eigenvalue weighted by molar-refractivity contribution is 0.146. The summed E-state index contributed by atoms with van der Waals surface area (Å²) >= 11 is 0. The van der Waals surface area contributed by atoms with Gasteiger partial charge in [-0.2, -0.15) is 0 Å². The zero-order valence-corrected chi connectivity index (χ0v) is 15.2. The molecule has 0 N–H and O–H groups in total. The van der Waals surface area contributed by atoms with Crippen LogP contribution in [0.5, 0.6) is 11.5 Å². The van der Waals surface area contributed by atoms with E-state index in [-0.39, 0.29) is 13.2 Å². The molecule has 1 aromatic carbocycles. The first-order valence-corrected chi connectivity index (χ1v) is 9.02. The predicted octanol–water partition coefficient (Wildman–Crippen LogP) is 4.03. The van der Waals surface area contributed by atoms with Gasteiger partial charge in [0, 0.05) is 6.54 Å². The zero-order valence-electron chi connectivity index (χ0n) is 15.2. The molecule has 1 fully saturated rings. The Morgan fingerprint density at radius 3 is 2.67 bits per heavy atom. The second-order valence-electron chi connectivity index (χ2n) is 6.50. The monoisotopic (exact) mass is 331 g/mol. The van der Waals surface area contributed by atoms with Crippen molar-refractivity contribution in [1.29, 1.82) is 0 Å². The third-order valence-corrected chi connectivity index (χ3v) is 4.23. The smallest absolute Gasteiger partial charge is 0.383 e. The minimum absolute atomic E-state index is 0.0988. The van der Waals surface area contributed by atoms with Crippen LogP contribution < -0.4 is 9.47 Å². The standard InChI is InChI=1S/C19H30BNO3/c1-5-7-12-20-21(16(3)4)14-17(24-20)15-23-19-11-9-8-10-18(19)22-13-6-2/h6,8-11,16-17H,2,5,7,12-15H2,1,3-4H3. The van der Waals surface area contributed by atoms with Gasteiger partial charge in [-0.1, -0.05) is 58.4 Å². The Morgan fingerprint density at radius 1 is 1.33 bits per heavy atom. The molecule has 1 atom stereocenters. The molecule has 0 spiro atoms. The van der Waals surface area contributed by atoms with Gasteiger partial charge >= 0.3 is 7.05 Å². The van der Waals surface area contributed by atoms with Crippen LogP contribution in [0.1, 0.15) is 33.6 Å². The Labute approximate surface area is 146 Å². The topological polar surface area (TPSA) is 30.9 Å². The fourth-order valence-corrected chi connectivity index (χ4v) is 2.96. The summed E-state index contributed by atoms with van der Waals surface area (Å²) in [6.07, 6.45) is 5.31. The summed E-state index contributed by atoms with van der Waals surface area (Å²) in [7, 11) is 0.214. The first kappa shape index (κ1) is 18.9. The summed E-state index contributed by atoms with van der Waals surface area (Å²) in [6.45, 7) is 12.3. The highest BCUT2D eigenvalue weighted by molar-refractivity contribution is 6.49. The van der Waals surface area contributed by atoms with Crippen molar-refractivity contribution < 1.29 is 14.1 Å². The number of ether oxygens (including phenoxy) is 2. The Morgan fingerprint density at radius 2 is 2.04 bits per heavy atom. The summed E-state index contributed by atoms with van der Waals surface area (Å²) in [5.41, 5.74) is 0. The summed E-state index contributed by atoms with van der Waals surface area (Å²) in [5.74, 6) is 1.51. The third-order valence-electron chi connectivity index (χ3n) is 4.23. The highest BCUT2D eigenvalue weighted by Gasteiger charge is 2.38. The first-order valence-electron chi connectivity index (χ1n) is 9.02. The summed E-state index contributed by atoms with van der Waals surface area (Å²) in [4.78, 5) is 2.43. The fraction of sp³-hybridized carbons (Fsp3) is 0.579. The van der Waals surface area contributed by atoms with Crippen molar-refractivity contribution in [3.63, 3.8) is 0 Å². The van der Waals surface area contributed by atoms with Crippen LogP contribution in [0.15, 0.2) is 36.9 Å². The van der Waals surface area contributed by atoms with E-state index in [2.05, 4.69) is 32.2 Å². The lowest BCUT2D eigenvalue weighted by atomic mass is 9.74. The van der Waals surface area contributed by atoms with Gasteiger partial charge in [0.1, 0.15) is 13.2 Å². The molecule has 2 rings (SSSR count). The number of benzene rings is 1. The maximum absolute atomic E-state index is 6.22. The zero-order chi connectivity index (χ0) is 17.4. The van der Waals surface area contributed by atoms with Crippen LogP contribution >= 0.6 is 0 Å². The van der Waals surface area contributed by atoms with E-state index < -0.39 is 0 Å². The van der Waals surface area contributed by atoms with Crippen LogP contribution in [-0.2, 0) is 4.65 Å². The van der Waals surface area contributed by atoms with Gasteiger partial charge < -0.3 is 18.9 Å². The lowest BCUT2D eigenvalue weighted by Crippen LogP contribution is -2.39. The molecule has 5 heteroatoms. The van der Waals surface area contributed by atoms with E-state index >= 15 is 0 Å². The third kappa shape index (κ3) is 5.28. The summed E-state index contributed by atoms with van der Waals surface area (Å²) in [5, 5.41) is 0. The highest BCUT2D eigenvalue weighted by Crippen LogP contribution is 2.28. The van der Waals surface area contributed by atoms with Gasteiger partial charge in [-0.3, -0.25) is 0 Å². The minimum atomic E-state index is 0.0988. The van der Waals surface area contributed by atoms with Crippen molar-refractivity contribution >= 4 is 7.05 Å². The van der Waals surface area contributed by atoms with E-state index in [1.54, 1.807) is 6.08 Å². The Balaban J connectivity index is 1.91. The van der Waals surface area contributed by atoms with Crippen molar-refractivity contribution in [3.8, 4) is 11.5 Å². The number of nitrogens with zero attached hydrogens (tertiary/aromatic N) is 1. The number of unbranched alkanes of at least 4 members (excludes halogenated alkanes) is 1. The van der Waals surface area contributed by atoms with Gasteiger partial charge in [0.05, 0.1) is 6.10 Å². The van der Waals surface area contributed by atoms with Crippen LogP contribution in [-0.4, -0.2) is 43.8 Å². The maximum atomic E-state index is 6.22. The molecule has 0 bridgehead atoms. The van der Waals surface area contributed by atoms with Crippen LogP contribution in [0.3, 0.4) is 0 Å². The van der Waals surface area contributed by atoms with Gasteiger partial charge in [-0.15, -0.1) is 0 Å². The molecule has 1 saturated heterocycles. The molecule has 1 aromatic rings. The largest absolute Gasteiger partial charge is 0.487 e. The molecule has 0 amide bonds. The molecule has 1 heterocycles. The van der Waals surface area contributed by atoms with Crippen LogP contribution in [0.4, 0.5) is 0 Å². The van der Waals surface area contributed by atoms with Crippen molar-refractivity contribution in [1.82, 2.24) is 4.81 Å². The van der Waals surface area contributed by atoms with Crippen molar-refractivity contribution in [2.24, 2.45) is 0 Å². The molecule has 0 saturated carbocycles. The highest BCUT2D eigenvalue weighted by atomic mass is 16.5. The minimum Gasteiger partial charge on any atom is -0.487 e. The predicted molar refractivity (Wildman–Crippen MR) is 99.8 cm³/mol. The molecular weight excluding hydrogens is 301 g/mol. The van der Waals surface area contributed by atoms with E-state index in [0.29, 0.717) is 19.3 Å². The van der Waals surface area contributed by atoms with E-state index in [9.17, 15) is 0 Å². The number of hydrogen-bond donors (Lipinski definition) is 0. The molecule has 0 radical (unpaired) electrons. The normalized spacial score (nSPS) is 18.2.